The summed E-state index contributed by atoms with van der Waals surface area (Å²) < 4.78 is 66.7. The number of hydrogen-bond acceptors (Lipinski definition) is 4. The predicted octanol–water partition coefficient (Wildman–Crippen LogP) is 2.77. The summed E-state index contributed by atoms with van der Waals surface area (Å²) in [4.78, 5) is 7.95. The minimum Gasteiger partial charge on any atom is -0.326 e. The molecule has 0 N–H and O–H groups in total. The molecule has 2 aromatic heterocycles. The second-order valence-corrected chi connectivity index (χ2v) is 10.2. The number of hydrogen-bond donors (Lipinski definition) is 0. The zero-order chi connectivity index (χ0) is 23.5. The van der Waals surface area contributed by atoms with Crippen molar-refractivity contribution >= 4 is 22.0 Å². The molecule has 1 saturated carbocycles. The Morgan fingerprint density at radius 3 is 2.53 bits per heavy atom. The van der Waals surface area contributed by atoms with Crippen molar-refractivity contribution < 1.29 is 21.6 Å². The zero-order valence-electron chi connectivity index (χ0n) is 17.5. The molecule has 2 aliphatic carbocycles. The van der Waals surface area contributed by atoms with Crippen LogP contribution in [0.4, 0.5) is 13.2 Å². The molecule has 1 fully saturated rings. The number of nitrogens with zero attached hydrogens (tertiary/aromatic N) is 3. The van der Waals surface area contributed by atoms with E-state index in [-0.39, 0.29) is 22.7 Å². The van der Waals surface area contributed by atoms with Crippen molar-refractivity contribution in [1.29, 1.82) is 0 Å². The van der Waals surface area contributed by atoms with Crippen molar-refractivity contribution in [2.75, 3.05) is 5.75 Å². The first-order valence-corrected chi connectivity index (χ1v) is 11.5. The number of aromatic nitrogens is 3. The number of terminal acetylenes is 1. The van der Waals surface area contributed by atoms with Crippen LogP contribution in [0.25, 0.3) is 23.7 Å². The molecule has 9 heteroatoms. The quantitative estimate of drug-likeness (QED) is 0.660. The second kappa shape index (κ2) is 7.20. The minimum absolute atomic E-state index is 0.133. The maximum atomic E-state index is 13.2. The van der Waals surface area contributed by atoms with Crippen molar-refractivity contribution in [3.05, 3.63) is 52.3 Å². The van der Waals surface area contributed by atoms with E-state index in [1.165, 1.54) is 6.92 Å². The van der Waals surface area contributed by atoms with E-state index in [1.807, 2.05) is 12.2 Å². The fourth-order valence-electron chi connectivity index (χ4n) is 3.70. The Hall–Kier alpha value is -3.12. The van der Waals surface area contributed by atoms with Gasteiger partial charge in [-0.25, -0.2) is 13.4 Å². The molecule has 4 rings (SSSR count). The average Bonchev–Trinajstić information content (AvgIpc) is 3.50. The number of alkyl halides is 3. The maximum absolute atomic E-state index is 13.2. The third-order valence-electron chi connectivity index (χ3n) is 5.81. The van der Waals surface area contributed by atoms with E-state index >= 15 is 0 Å². The summed E-state index contributed by atoms with van der Waals surface area (Å²) in [6, 6.07) is 0.621. The highest BCUT2D eigenvalue weighted by atomic mass is 32.2. The largest absolute Gasteiger partial charge is 0.417 e. The van der Waals surface area contributed by atoms with Crippen LogP contribution in [0.5, 0.6) is 0 Å². The summed E-state index contributed by atoms with van der Waals surface area (Å²) in [6.07, 6.45) is 8.82. The first-order chi connectivity index (χ1) is 14.9. The number of sulfone groups is 1. The lowest BCUT2D eigenvalue weighted by atomic mass is 9.95. The molecule has 0 saturated heterocycles. The lowest BCUT2D eigenvalue weighted by Gasteiger charge is -2.12. The van der Waals surface area contributed by atoms with Gasteiger partial charge in [0.2, 0.25) is 0 Å². The summed E-state index contributed by atoms with van der Waals surface area (Å²) in [5, 5.41) is 1.15. The number of fused-ring (bicyclic) bond motifs is 1. The van der Waals surface area contributed by atoms with Crippen LogP contribution in [0, 0.1) is 17.8 Å². The highest BCUT2D eigenvalue weighted by Crippen LogP contribution is 2.52. The Labute approximate surface area is 183 Å². The van der Waals surface area contributed by atoms with Crippen molar-refractivity contribution in [1.82, 2.24) is 14.5 Å². The highest BCUT2D eigenvalue weighted by Gasteiger charge is 2.43. The lowest BCUT2D eigenvalue weighted by Crippen LogP contribution is -2.28. The van der Waals surface area contributed by atoms with Gasteiger partial charge in [-0.1, -0.05) is 25.5 Å². The van der Waals surface area contributed by atoms with Crippen LogP contribution in [-0.4, -0.2) is 28.7 Å². The van der Waals surface area contributed by atoms with Crippen LogP contribution < -0.4 is 10.7 Å². The first kappa shape index (κ1) is 22.1. The molecule has 2 aromatic rings. The fourth-order valence-corrected chi connectivity index (χ4v) is 4.76. The van der Waals surface area contributed by atoms with Gasteiger partial charge in [-0.2, -0.15) is 13.2 Å². The average molecular weight is 459 g/mol. The van der Waals surface area contributed by atoms with E-state index in [4.69, 9.17) is 6.42 Å². The van der Waals surface area contributed by atoms with Gasteiger partial charge in [0.1, 0.15) is 5.69 Å². The van der Waals surface area contributed by atoms with Crippen molar-refractivity contribution in [2.45, 2.75) is 30.8 Å². The molecular weight excluding hydrogens is 439 g/mol. The van der Waals surface area contributed by atoms with Gasteiger partial charge in [0, 0.05) is 13.2 Å². The molecule has 5 nitrogen and oxygen atoms in total. The molecule has 2 aliphatic rings. The van der Waals surface area contributed by atoms with Gasteiger partial charge in [-0.05, 0) is 42.2 Å². The Morgan fingerprint density at radius 2 is 1.97 bits per heavy atom. The van der Waals surface area contributed by atoms with Crippen LogP contribution in [0.2, 0.25) is 0 Å². The molecule has 0 atom stereocenters. The van der Waals surface area contributed by atoms with Crippen LogP contribution in [0.3, 0.4) is 0 Å². The molecule has 2 heterocycles. The maximum Gasteiger partial charge on any atom is 0.417 e. The third-order valence-corrected chi connectivity index (χ3v) is 7.55. The summed E-state index contributed by atoms with van der Waals surface area (Å²) in [5.41, 5.74) is -0.0736. The van der Waals surface area contributed by atoms with Gasteiger partial charge in [-0.15, -0.1) is 6.42 Å². The number of pyridine rings is 1. The van der Waals surface area contributed by atoms with Crippen LogP contribution in [-0.2, 0) is 23.1 Å². The Bertz CT molecular complexity index is 1450. The van der Waals surface area contributed by atoms with Crippen LogP contribution >= 0.6 is 0 Å². The van der Waals surface area contributed by atoms with Crippen molar-refractivity contribution in [2.24, 2.45) is 12.5 Å². The molecule has 0 radical (unpaired) electrons. The second-order valence-electron chi connectivity index (χ2n) is 7.93. The monoisotopic (exact) mass is 459 g/mol. The molecule has 0 aliphatic heterocycles. The van der Waals surface area contributed by atoms with E-state index < -0.39 is 26.5 Å². The van der Waals surface area contributed by atoms with Crippen LogP contribution in [0.15, 0.2) is 41.0 Å². The van der Waals surface area contributed by atoms with Crippen LogP contribution in [0.1, 0.15) is 25.3 Å². The lowest BCUT2D eigenvalue weighted by molar-refractivity contribution is -0.138. The summed E-state index contributed by atoms with van der Waals surface area (Å²) in [6.45, 7) is 5.40. The van der Waals surface area contributed by atoms with Gasteiger partial charge in [0.15, 0.2) is 15.7 Å². The Balaban J connectivity index is 1.99. The summed E-state index contributed by atoms with van der Waals surface area (Å²) in [7, 11) is -2.36. The topological polar surface area (TPSA) is 64.8 Å². The normalized spacial score (nSPS) is 17.4. The minimum atomic E-state index is -4.73. The smallest absolute Gasteiger partial charge is 0.326 e. The number of allylic oxidation sites excluding steroid dienone is 3. The number of rotatable bonds is 4. The van der Waals surface area contributed by atoms with E-state index in [0.29, 0.717) is 28.5 Å². The summed E-state index contributed by atoms with van der Waals surface area (Å²) in [5.74, 6) is 2.59. The van der Waals surface area contributed by atoms with E-state index in [1.54, 1.807) is 17.7 Å². The third kappa shape index (κ3) is 3.58. The van der Waals surface area contributed by atoms with Gasteiger partial charge in [0.25, 0.3) is 0 Å². The SMILES string of the molecule is C#CC1(C2=CC(=C)C=c3c(nc(-c4ncc(C(F)(F)F)cc4S(=O)(=O)CC)n3C)=C2)CC1. The van der Waals surface area contributed by atoms with Gasteiger partial charge >= 0.3 is 6.18 Å². The molecule has 166 valence electrons. The first-order valence-electron chi connectivity index (χ1n) is 9.87. The summed E-state index contributed by atoms with van der Waals surface area (Å²) >= 11 is 0. The molecule has 0 bridgehead atoms. The Morgan fingerprint density at radius 1 is 1.28 bits per heavy atom. The number of halogens is 3. The van der Waals surface area contributed by atoms with E-state index in [2.05, 4.69) is 22.5 Å². The predicted molar refractivity (Wildman–Crippen MR) is 115 cm³/mol. The van der Waals surface area contributed by atoms with E-state index in [9.17, 15) is 21.6 Å². The molecule has 0 aromatic carbocycles. The molecule has 0 spiro atoms. The van der Waals surface area contributed by atoms with E-state index in [0.717, 1.165) is 18.4 Å². The van der Waals surface area contributed by atoms with Crippen molar-refractivity contribution in [3.8, 4) is 23.9 Å². The van der Waals surface area contributed by atoms with Crippen molar-refractivity contribution in [3.63, 3.8) is 0 Å². The zero-order valence-corrected chi connectivity index (χ0v) is 18.3. The Kier molecular flexibility index (Phi) is 4.97. The molecule has 0 amide bonds. The van der Waals surface area contributed by atoms with Gasteiger partial charge < -0.3 is 4.57 Å². The van der Waals surface area contributed by atoms with Gasteiger partial charge in [0.05, 0.1) is 32.3 Å². The molecule has 32 heavy (non-hydrogen) atoms. The highest BCUT2D eigenvalue weighted by molar-refractivity contribution is 7.91. The molecule has 0 unspecified atom stereocenters. The number of imidazole rings is 1. The standard InChI is InChI=1S/C23H20F3N3O2S/c1-5-22(7-8-22)15-9-14(3)10-18-17(11-15)28-21(29(18)4)20-19(32(30,31)6-2)12-16(13-27-20)23(24,25)26/h1,9-13H,3,6-8H2,2,4H3. The van der Waals surface area contributed by atoms with Gasteiger partial charge in [-0.3, -0.25) is 4.98 Å². The molecular formula is C23H20F3N3O2S. The fraction of sp³-hybridized carbons (Fsp3) is 0.304.